The van der Waals surface area contributed by atoms with Gasteiger partial charge in [-0.15, -0.1) is 0 Å². The van der Waals surface area contributed by atoms with E-state index in [0.717, 1.165) is 22.8 Å². The van der Waals surface area contributed by atoms with Crippen LogP contribution in [-0.2, 0) is 4.79 Å². The molecule has 0 aromatic heterocycles. The summed E-state index contributed by atoms with van der Waals surface area (Å²) >= 11 is 0. The van der Waals surface area contributed by atoms with E-state index in [4.69, 9.17) is 5.11 Å². The summed E-state index contributed by atoms with van der Waals surface area (Å²) < 4.78 is 13.3. The first-order valence-corrected chi connectivity index (χ1v) is 6.25. The number of carboxylic acid groups (broad SMARTS) is 1. The molecule has 0 aliphatic rings. The molecule has 0 spiro atoms. The van der Waals surface area contributed by atoms with E-state index in [9.17, 15) is 9.18 Å². The lowest BCUT2D eigenvalue weighted by atomic mass is 9.95. The van der Waals surface area contributed by atoms with E-state index in [1.54, 1.807) is 12.1 Å². The molecule has 2 aromatic rings. The molecular weight excluding hydrogens is 255 g/mol. The van der Waals surface area contributed by atoms with Crippen molar-refractivity contribution in [3.63, 3.8) is 0 Å². The highest BCUT2D eigenvalue weighted by molar-refractivity contribution is 5.95. The van der Waals surface area contributed by atoms with Crippen LogP contribution in [0.5, 0.6) is 0 Å². The van der Waals surface area contributed by atoms with Gasteiger partial charge in [0.15, 0.2) is 0 Å². The predicted molar refractivity (Wildman–Crippen MR) is 77.0 cm³/mol. The number of hydrogen-bond acceptors (Lipinski definition) is 1. The van der Waals surface area contributed by atoms with Gasteiger partial charge in [0.25, 0.3) is 0 Å². The van der Waals surface area contributed by atoms with Gasteiger partial charge < -0.3 is 5.11 Å². The van der Waals surface area contributed by atoms with Gasteiger partial charge in [0.2, 0.25) is 0 Å². The maximum Gasteiger partial charge on any atom is 0.328 e. The van der Waals surface area contributed by atoms with Gasteiger partial charge in [-0.25, -0.2) is 9.18 Å². The second-order valence-corrected chi connectivity index (χ2v) is 4.71. The van der Waals surface area contributed by atoms with E-state index in [-0.39, 0.29) is 5.82 Å². The van der Waals surface area contributed by atoms with Gasteiger partial charge in [0.05, 0.1) is 0 Å². The minimum Gasteiger partial charge on any atom is -0.478 e. The predicted octanol–water partition coefficient (Wildman–Crippen LogP) is 3.96. The zero-order valence-corrected chi connectivity index (χ0v) is 11.4. The van der Waals surface area contributed by atoms with Crippen LogP contribution in [0.2, 0.25) is 0 Å². The summed E-state index contributed by atoms with van der Waals surface area (Å²) in [5, 5.41) is 9.03. The number of rotatable bonds is 3. The van der Waals surface area contributed by atoms with Crippen LogP contribution >= 0.6 is 0 Å². The Bertz CT molecular complexity index is 687. The summed E-state index contributed by atoms with van der Waals surface area (Å²) in [4.78, 5) is 11.0. The van der Waals surface area contributed by atoms with Crippen molar-refractivity contribution in [3.05, 3.63) is 76.6 Å². The van der Waals surface area contributed by atoms with Crippen LogP contribution in [0.3, 0.4) is 0 Å². The Morgan fingerprint density at radius 3 is 2.35 bits per heavy atom. The molecule has 2 nitrogen and oxygen atoms in total. The minimum atomic E-state index is -1.05. The van der Waals surface area contributed by atoms with Crippen molar-refractivity contribution < 1.29 is 14.3 Å². The van der Waals surface area contributed by atoms with Crippen molar-refractivity contribution in [1.29, 1.82) is 0 Å². The molecule has 1 N–H and O–H groups in total. The SMILES string of the molecule is Cc1ccc(/C(=C/C(=O)O)c2cccc(F)c2)cc1C. The molecule has 0 atom stereocenters. The molecule has 0 radical (unpaired) electrons. The Hall–Kier alpha value is -2.42. The van der Waals surface area contributed by atoms with Crippen LogP contribution in [0.25, 0.3) is 5.57 Å². The Kier molecular flexibility index (Phi) is 3.99. The molecule has 0 saturated carbocycles. The molecule has 3 heteroatoms. The molecule has 0 saturated heterocycles. The van der Waals surface area contributed by atoms with Crippen LogP contribution in [0.1, 0.15) is 22.3 Å². The summed E-state index contributed by atoms with van der Waals surface area (Å²) in [6, 6.07) is 11.6. The van der Waals surface area contributed by atoms with E-state index in [0.29, 0.717) is 11.1 Å². The molecule has 20 heavy (non-hydrogen) atoms. The van der Waals surface area contributed by atoms with Crippen molar-refractivity contribution >= 4 is 11.5 Å². The van der Waals surface area contributed by atoms with E-state index >= 15 is 0 Å². The fourth-order valence-corrected chi connectivity index (χ4v) is 2.02. The summed E-state index contributed by atoms with van der Waals surface area (Å²) in [5.41, 5.74) is 4.01. The number of carbonyl (C=O) groups is 1. The summed E-state index contributed by atoms with van der Waals surface area (Å²) in [7, 11) is 0. The monoisotopic (exact) mass is 270 g/mol. The molecule has 2 aromatic carbocycles. The average Bonchev–Trinajstić information content (AvgIpc) is 2.39. The third kappa shape index (κ3) is 3.12. The second kappa shape index (κ2) is 5.70. The average molecular weight is 270 g/mol. The summed E-state index contributed by atoms with van der Waals surface area (Å²) in [6.07, 6.45) is 1.11. The molecular formula is C17H15FO2. The first kappa shape index (κ1) is 14.0. The lowest BCUT2D eigenvalue weighted by Gasteiger charge is -2.10. The van der Waals surface area contributed by atoms with Crippen molar-refractivity contribution in [1.82, 2.24) is 0 Å². The third-order valence-electron chi connectivity index (χ3n) is 3.22. The maximum absolute atomic E-state index is 13.3. The number of carboxylic acids is 1. The van der Waals surface area contributed by atoms with Crippen LogP contribution in [0.4, 0.5) is 4.39 Å². The molecule has 0 aliphatic carbocycles. The van der Waals surface area contributed by atoms with Gasteiger partial charge in [-0.05, 0) is 53.8 Å². The largest absolute Gasteiger partial charge is 0.478 e. The molecule has 0 amide bonds. The fourth-order valence-electron chi connectivity index (χ4n) is 2.02. The Morgan fingerprint density at radius 1 is 1.05 bits per heavy atom. The highest BCUT2D eigenvalue weighted by atomic mass is 19.1. The molecule has 0 fully saturated rings. The molecule has 0 heterocycles. The Balaban J connectivity index is 2.59. The highest BCUT2D eigenvalue weighted by Crippen LogP contribution is 2.25. The first-order chi connectivity index (χ1) is 9.47. The molecule has 2 rings (SSSR count). The Labute approximate surface area is 117 Å². The topological polar surface area (TPSA) is 37.3 Å². The van der Waals surface area contributed by atoms with Gasteiger partial charge in [-0.1, -0.05) is 30.3 Å². The molecule has 0 aliphatic heterocycles. The third-order valence-corrected chi connectivity index (χ3v) is 3.22. The van der Waals surface area contributed by atoms with E-state index in [1.807, 2.05) is 32.0 Å². The fraction of sp³-hybridized carbons (Fsp3) is 0.118. The van der Waals surface area contributed by atoms with Crippen molar-refractivity contribution in [2.75, 3.05) is 0 Å². The van der Waals surface area contributed by atoms with E-state index in [2.05, 4.69) is 0 Å². The maximum atomic E-state index is 13.3. The van der Waals surface area contributed by atoms with Crippen molar-refractivity contribution in [2.45, 2.75) is 13.8 Å². The number of halogens is 1. The molecule has 102 valence electrons. The zero-order chi connectivity index (χ0) is 14.7. The van der Waals surface area contributed by atoms with E-state index in [1.165, 1.54) is 12.1 Å². The quantitative estimate of drug-likeness (QED) is 0.857. The van der Waals surface area contributed by atoms with E-state index < -0.39 is 5.97 Å². The van der Waals surface area contributed by atoms with Gasteiger partial charge in [0.1, 0.15) is 5.82 Å². The van der Waals surface area contributed by atoms with Gasteiger partial charge in [-0.2, -0.15) is 0 Å². The second-order valence-electron chi connectivity index (χ2n) is 4.71. The highest BCUT2D eigenvalue weighted by Gasteiger charge is 2.09. The lowest BCUT2D eigenvalue weighted by molar-refractivity contribution is -0.131. The standard InChI is InChI=1S/C17H15FO2/c1-11-6-7-14(8-12(11)2)16(10-17(19)20)13-4-3-5-15(18)9-13/h3-10H,1-2H3,(H,19,20)/b16-10+. The minimum absolute atomic E-state index is 0.386. The van der Waals surface area contributed by atoms with Gasteiger partial charge in [0, 0.05) is 6.08 Å². The van der Waals surface area contributed by atoms with Gasteiger partial charge in [-0.3, -0.25) is 0 Å². The molecule has 0 bridgehead atoms. The Morgan fingerprint density at radius 2 is 1.75 bits per heavy atom. The van der Waals surface area contributed by atoms with Crippen LogP contribution in [-0.4, -0.2) is 11.1 Å². The smallest absolute Gasteiger partial charge is 0.328 e. The molecule has 0 unspecified atom stereocenters. The summed E-state index contributed by atoms with van der Waals surface area (Å²) in [6.45, 7) is 3.95. The normalized spacial score (nSPS) is 11.4. The lowest BCUT2D eigenvalue weighted by Crippen LogP contribution is -1.96. The van der Waals surface area contributed by atoms with Crippen molar-refractivity contribution in [2.24, 2.45) is 0 Å². The number of aliphatic carboxylic acids is 1. The van der Waals surface area contributed by atoms with Gasteiger partial charge >= 0.3 is 5.97 Å². The van der Waals surface area contributed by atoms with Crippen LogP contribution in [0, 0.1) is 19.7 Å². The van der Waals surface area contributed by atoms with Crippen LogP contribution < -0.4 is 0 Å². The first-order valence-electron chi connectivity index (χ1n) is 6.25. The van der Waals surface area contributed by atoms with Crippen LogP contribution in [0.15, 0.2) is 48.5 Å². The number of aryl methyl sites for hydroxylation is 2. The summed E-state index contributed by atoms with van der Waals surface area (Å²) in [5.74, 6) is -1.44. The number of benzene rings is 2. The van der Waals surface area contributed by atoms with Crippen molar-refractivity contribution in [3.8, 4) is 0 Å². The zero-order valence-electron chi connectivity index (χ0n) is 11.4. The number of hydrogen-bond donors (Lipinski definition) is 1.